The fourth-order valence-electron chi connectivity index (χ4n) is 4.21. The van der Waals surface area contributed by atoms with Crippen LogP contribution in [0.15, 0.2) is 76.8 Å². The second kappa shape index (κ2) is 10.5. The number of benzene rings is 3. The van der Waals surface area contributed by atoms with Crippen molar-refractivity contribution in [3.63, 3.8) is 0 Å². The predicted octanol–water partition coefficient (Wildman–Crippen LogP) is 6.27. The van der Waals surface area contributed by atoms with Gasteiger partial charge in [-0.1, -0.05) is 71.4 Å². The smallest absolute Gasteiger partial charge is 0.262 e. The van der Waals surface area contributed by atoms with Crippen LogP contribution in [-0.2, 0) is 9.59 Å². The molecule has 0 aliphatic carbocycles. The van der Waals surface area contributed by atoms with E-state index in [9.17, 15) is 14.0 Å². The molecular weight excluding hydrogens is 511 g/mol. The third-order valence-corrected chi connectivity index (χ3v) is 7.85. The number of aliphatic imine (C=N–C) groups is 1. The standard InChI is InChI=1S/C28H24ClFN4O2S/c1-16-3-6-18(7-4-16)23-14-24(19-8-10-20(30)11-9-19)34(33-23)28-32-27(36)25(37-28)15-26(35)31-21-12-5-17(2)22(29)13-21/h3-13,24-25H,14-15H2,1-2H3,(H,31,35)/t24-,25-/m0/s1. The molecule has 2 atom stereocenters. The first-order valence-corrected chi connectivity index (χ1v) is 13.1. The lowest BCUT2D eigenvalue weighted by atomic mass is 9.98. The van der Waals surface area contributed by atoms with Crippen molar-refractivity contribution in [2.24, 2.45) is 10.1 Å². The van der Waals surface area contributed by atoms with Crippen molar-refractivity contribution in [1.82, 2.24) is 5.01 Å². The van der Waals surface area contributed by atoms with Crippen molar-refractivity contribution < 1.29 is 14.0 Å². The van der Waals surface area contributed by atoms with Crippen LogP contribution >= 0.6 is 23.4 Å². The van der Waals surface area contributed by atoms with Crippen molar-refractivity contribution in [2.75, 3.05) is 5.32 Å². The van der Waals surface area contributed by atoms with Crippen LogP contribution in [0, 0.1) is 19.7 Å². The zero-order valence-electron chi connectivity index (χ0n) is 20.2. The largest absolute Gasteiger partial charge is 0.326 e. The number of nitrogens with one attached hydrogen (secondary N) is 1. The Morgan fingerprint density at radius 1 is 1.11 bits per heavy atom. The predicted molar refractivity (Wildman–Crippen MR) is 147 cm³/mol. The molecule has 37 heavy (non-hydrogen) atoms. The summed E-state index contributed by atoms with van der Waals surface area (Å²) in [5, 5.41) is 9.66. The Balaban J connectivity index is 1.34. The Labute approximate surface area is 223 Å². The molecule has 2 aliphatic heterocycles. The second-order valence-electron chi connectivity index (χ2n) is 9.08. The molecule has 188 valence electrons. The third-order valence-electron chi connectivity index (χ3n) is 6.30. The van der Waals surface area contributed by atoms with Crippen molar-refractivity contribution in [2.45, 2.75) is 38.0 Å². The van der Waals surface area contributed by atoms with Gasteiger partial charge in [0, 0.05) is 23.6 Å². The second-order valence-corrected chi connectivity index (χ2v) is 10.7. The fraction of sp³-hybridized carbons (Fsp3) is 0.214. The number of amidine groups is 1. The molecule has 3 aromatic rings. The van der Waals surface area contributed by atoms with Crippen molar-refractivity contribution in [3.05, 3.63) is 99.8 Å². The molecule has 2 aliphatic rings. The third kappa shape index (κ3) is 5.60. The molecule has 9 heteroatoms. The van der Waals surface area contributed by atoms with E-state index in [1.807, 2.05) is 44.2 Å². The molecule has 0 spiro atoms. The number of aryl methyl sites for hydroxylation is 2. The van der Waals surface area contributed by atoms with Gasteiger partial charge in [-0.05, 0) is 54.8 Å². The SMILES string of the molecule is Cc1ccc(C2=NN(C3=NC(=O)[C@H](CC(=O)Nc4ccc(C)c(Cl)c4)S3)[C@H](c3ccc(F)cc3)C2)cc1. The van der Waals surface area contributed by atoms with Crippen LogP contribution in [0.1, 0.15) is 41.1 Å². The Morgan fingerprint density at radius 3 is 2.54 bits per heavy atom. The summed E-state index contributed by atoms with van der Waals surface area (Å²) in [5.74, 6) is -1.01. The van der Waals surface area contributed by atoms with Gasteiger partial charge >= 0.3 is 0 Å². The molecule has 0 aromatic heterocycles. The van der Waals surface area contributed by atoms with Gasteiger partial charge in [0.2, 0.25) is 5.91 Å². The number of thioether (sulfide) groups is 1. The van der Waals surface area contributed by atoms with Gasteiger partial charge in [-0.15, -0.1) is 0 Å². The molecular formula is C28H24ClFN4O2S. The van der Waals surface area contributed by atoms with E-state index in [2.05, 4.69) is 10.3 Å². The molecule has 0 bridgehead atoms. The van der Waals surface area contributed by atoms with E-state index in [-0.39, 0.29) is 30.1 Å². The molecule has 0 fully saturated rings. The van der Waals surface area contributed by atoms with Crippen LogP contribution in [0.25, 0.3) is 0 Å². The summed E-state index contributed by atoms with van der Waals surface area (Å²) in [7, 11) is 0. The van der Waals surface area contributed by atoms with Crippen molar-refractivity contribution >= 4 is 51.7 Å². The molecule has 2 heterocycles. The highest BCUT2D eigenvalue weighted by Crippen LogP contribution is 2.38. The Bertz CT molecular complexity index is 1420. The molecule has 0 radical (unpaired) electrons. The summed E-state index contributed by atoms with van der Waals surface area (Å²) in [4.78, 5) is 29.7. The Hall–Kier alpha value is -3.49. The summed E-state index contributed by atoms with van der Waals surface area (Å²) >= 11 is 7.37. The average molecular weight is 535 g/mol. The molecule has 0 saturated heterocycles. The number of hydrogen-bond acceptors (Lipinski definition) is 5. The molecule has 1 N–H and O–H groups in total. The zero-order valence-corrected chi connectivity index (χ0v) is 21.8. The van der Waals surface area contributed by atoms with E-state index in [0.29, 0.717) is 22.3 Å². The lowest BCUT2D eigenvalue weighted by molar-refractivity contribution is -0.121. The van der Waals surface area contributed by atoms with Gasteiger partial charge in [-0.2, -0.15) is 10.1 Å². The van der Waals surface area contributed by atoms with Gasteiger partial charge in [0.1, 0.15) is 11.1 Å². The van der Waals surface area contributed by atoms with Crippen molar-refractivity contribution in [1.29, 1.82) is 0 Å². The topological polar surface area (TPSA) is 74.1 Å². The molecule has 0 unspecified atom stereocenters. The van der Waals surface area contributed by atoms with Gasteiger partial charge in [-0.3, -0.25) is 9.59 Å². The fourth-order valence-corrected chi connectivity index (χ4v) is 5.45. The van der Waals surface area contributed by atoms with Crippen LogP contribution in [0.4, 0.5) is 10.1 Å². The quantitative estimate of drug-likeness (QED) is 0.418. The number of hydrazone groups is 1. The van der Waals surface area contributed by atoms with E-state index in [0.717, 1.165) is 28.0 Å². The van der Waals surface area contributed by atoms with Gasteiger partial charge < -0.3 is 5.32 Å². The minimum Gasteiger partial charge on any atom is -0.326 e. The number of halogens is 2. The number of carbonyl (C=O) groups excluding carboxylic acids is 2. The molecule has 5 rings (SSSR count). The lowest BCUT2D eigenvalue weighted by Gasteiger charge is -2.23. The number of anilines is 1. The highest BCUT2D eigenvalue weighted by atomic mass is 35.5. The van der Waals surface area contributed by atoms with Crippen LogP contribution in [-0.4, -0.2) is 33.0 Å². The summed E-state index contributed by atoms with van der Waals surface area (Å²) in [5.41, 5.74) is 5.31. The maximum atomic E-state index is 13.6. The minimum absolute atomic E-state index is 0.0361. The first-order chi connectivity index (χ1) is 17.8. The minimum atomic E-state index is -0.664. The highest BCUT2D eigenvalue weighted by molar-refractivity contribution is 8.15. The highest BCUT2D eigenvalue weighted by Gasteiger charge is 2.39. The summed E-state index contributed by atoms with van der Waals surface area (Å²) < 4.78 is 13.6. The number of amides is 2. The van der Waals surface area contributed by atoms with E-state index in [4.69, 9.17) is 16.7 Å². The first kappa shape index (κ1) is 25.2. The average Bonchev–Trinajstić information content (AvgIpc) is 3.46. The van der Waals surface area contributed by atoms with Crippen molar-refractivity contribution in [3.8, 4) is 0 Å². The monoisotopic (exact) mass is 534 g/mol. The molecule has 3 aromatic carbocycles. The van der Waals surface area contributed by atoms with E-state index >= 15 is 0 Å². The van der Waals surface area contributed by atoms with Gasteiger partial charge in [-0.25, -0.2) is 9.40 Å². The number of rotatable bonds is 5. The van der Waals surface area contributed by atoms with Crippen LogP contribution in [0.5, 0.6) is 0 Å². The summed E-state index contributed by atoms with van der Waals surface area (Å²) in [6.45, 7) is 3.90. The van der Waals surface area contributed by atoms with Gasteiger partial charge in [0.15, 0.2) is 5.17 Å². The van der Waals surface area contributed by atoms with Crippen LogP contribution in [0.3, 0.4) is 0 Å². The van der Waals surface area contributed by atoms with E-state index in [1.165, 1.54) is 23.9 Å². The Kier molecular flexibility index (Phi) is 7.13. The first-order valence-electron chi connectivity index (χ1n) is 11.8. The molecule has 0 saturated carbocycles. The normalized spacial score (nSPS) is 19.1. The summed E-state index contributed by atoms with van der Waals surface area (Å²) in [6, 6.07) is 19.4. The maximum absolute atomic E-state index is 13.6. The molecule has 2 amide bonds. The number of carbonyl (C=O) groups is 2. The summed E-state index contributed by atoms with van der Waals surface area (Å²) in [6.07, 6.45) is 0.535. The Morgan fingerprint density at radius 2 is 1.84 bits per heavy atom. The van der Waals surface area contributed by atoms with Gasteiger partial charge in [0.25, 0.3) is 5.91 Å². The number of nitrogens with zero attached hydrogens (tertiary/aromatic N) is 3. The van der Waals surface area contributed by atoms with Crippen LogP contribution < -0.4 is 5.32 Å². The van der Waals surface area contributed by atoms with Crippen LogP contribution in [0.2, 0.25) is 5.02 Å². The van der Waals surface area contributed by atoms with E-state index < -0.39 is 5.25 Å². The maximum Gasteiger partial charge on any atom is 0.262 e. The lowest BCUT2D eigenvalue weighted by Crippen LogP contribution is -2.25. The zero-order chi connectivity index (χ0) is 26.1. The number of hydrogen-bond donors (Lipinski definition) is 1. The van der Waals surface area contributed by atoms with Gasteiger partial charge in [0.05, 0.1) is 11.8 Å². The molecule has 6 nitrogen and oxygen atoms in total. The van der Waals surface area contributed by atoms with E-state index in [1.54, 1.807) is 29.3 Å².